The molecule has 1 saturated heterocycles. The molecule has 0 bridgehead atoms. The van der Waals surface area contributed by atoms with Crippen molar-refractivity contribution in [1.82, 2.24) is 19.8 Å². The molecule has 10 nitrogen and oxygen atoms in total. The van der Waals surface area contributed by atoms with E-state index in [4.69, 9.17) is 9.47 Å². The molecule has 14 heteroatoms. The molecule has 1 unspecified atom stereocenters. The Balaban J connectivity index is 0.000000265. The highest BCUT2D eigenvalue weighted by molar-refractivity contribution is 8.00. The fraction of sp³-hybridized carbons (Fsp3) is 0.385. The lowest BCUT2D eigenvalue weighted by atomic mass is 10.4. The Bertz CT molecular complexity index is 1190. The molecule has 4 heterocycles. The number of carbonyl (C=O) groups is 4. The van der Waals surface area contributed by atoms with E-state index in [0.717, 1.165) is 4.90 Å². The van der Waals surface area contributed by atoms with Crippen LogP contribution in [0.3, 0.4) is 0 Å². The Kier molecular flexibility index (Phi) is 14.1. The molecule has 2 aromatic heterocycles. The summed E-state index contributed by atoms with van der Waals surface area (Å²) in [6, 6.07) is 6.10. The van der Waals surface area contributed by atoms with Crippen LogP contribution in [0.25, 0.3) is 0 Å². The lowest BCUT2D eigenvalue weighted by molar-refractivity contribution is -0.139. The van der Waals surface area contributed by atoms with Crippen LogP contribution in [0.1, 0.15) is 19.3 Å². The molecular weight excluding hydrogens is 564 g/mol. The van der Waals surface area contributed by atoms with Crippen LogP contribution in [0.4, 0.5) is 8.78 Å². The van der Waals surface area contributed by atoms with E-state index in [1.165, 1.54) is 53.3 Å². The second-order valence-electron chi connectivity index (χ2n) is 7.96. The third-order valence-corrected chi connectivity index (χ3v) is 6.34. The van der Waals surface area contributed by atoms with E-state index in [1.807, 2.05) is 6.26 Å². The minimum atomic E-state index is -0.674. The largest absolute Gasteiger partial charge is 0.489 e. The fourth-order valence-electron chi connectivity index (χ4n) is 3.49. The summed E-state index contributed by atoms with van der Waals surface area (Å²) in [7, 11) is 0. The van der Waals surface area contributed by atoms with Crippen molar-refractivity contribution in [2.24, 2.45) is 0 Å². The Labute approximate surface area is 240 Å². The maximum Gasteiger partial charge on any atom is 0.255 e. The van der Waals surface area contributed by atoms with E-state index < -0.39 is 11.9 Å². The van der Waals surface area contributed by atoms with Gasteiger partial charge in [-0.15, -0.1) is 0 Å². The first-order valence-corrected chi connectivity index (χ1v) is 14.3. The van der Waals surface area contributed by atoms with Gasteiger partial charge >= 0.3 is 0 Å². The number of halogens is 2. The van der Waals surface area contributed by atoms with Crippen molar-refractivity contribution in [2.45, 2.75) is 24.5 Å². The Hall–Kier alpha value is -3.52. The van der Waals surface area contributed by atoms with Crippen LogP contribution < -0.4 is 9.47 Å². The van der Waals surface area contributed by atoms with Crippen molar-refractivity contribution in [2.75, 3.05) is 38.8 Å². The molecule has 2 aliphatic rings. The molecule has 2 aromatic rings. The summed E-state index contributed by atoms with van der Waals surface area (Å²) in [5.41, 5.74) is 0. The zero-order valence-corrected chi connectivity index (χ0v) is 23.7. The van der Waals surface area contributed by atoms with Gasteiger partial charge in [0.1, 0.15) is 0 Å². The van der Waals surface area contributed by atoms with Crippen LogP contribution in [0.15, 0.2) is 48.8 Å². The molecule has 1 fully saturated rings. The monoisotopic (exact) mass is 594 g/mol. The molecule has 0 N–H and O–H groups in total. The highest BCUT2D eigenvalue weighted by Crippen LogP contribution is 2.23. The number of aromatic nitrogens is 2. The predicted molar refractivity (Wildman–Crippen MR) is 148 cm³/mol. The molecule has 216 valence electrons. The first kappa shape index (κ1) is 32.7. The molecular formula is C26H30F2N4O6S2. The topological polar surface area (TPSA) is 119 Å². The van der Waals surface area contributed by atoms with Gasteiger partial charge < -0.3 is 9.47 Å². The first-order chi connectivity index (χ1) is 19.3. The number of hydrogen-bond acceptors (Lipinski definition) is 10. The maximum absolute atomic E-state index is 13.2. The Morgan fingerprint density at radius 2 is 1.35 bits per heavy atom. The van der Waals surface area contributed by atoms with Crippen LogP contribution in [-0.2, 0) is 19.2 Å². The van der Waals surface area contributed by atoms with Gasteiger partial charge in [-0.05, 0) is 49.6 Å². The summed E-state index contributed by atoms with van der Waals surface area (Å²) in [6.07, 6.45) is 9.79. The van der Waals surface area contributed by atoms with Gasteiger partial charge in [-0.2, -0.15) is 33.2 Å². The second-order valence-corrected chi connectivity index (χ2v) is 9.00. The van der Waals surface area contributed by atoms with Crippen LogP contribution in [0.5, 0.6) is 11.5 Å². The lowest BCUT2D eigenvalue weighted by Gasteiger charge is -2.14. The van der Waals surface area contributed by atoms with Crippen molar-refractivity contribution in [3.8, 4) is 11.5 Å². The third-order valence-electron chi connectivity index (χ3n) is 5.40. The minimum Gasteiger partial charge on any atom is -0.489 e. The van der Waals surface area contributed by atoms with Crippen LogP contribution >= 0.6 is 24.4 Å². The highest BCUT2D eigenvalue weighted by atomic mass is 32.2. The molecule has 0 aliphatic carbocycles. The maximum atomic E-state index is 13.2. The number of hydrogen-bond donors (Lipinski definition) is 1. The SMILES string of the molecule is CS.CSC1CC(=O)N(CCCOc2cccnc2[18F])C1=O.O=C1C=CC(=O)N1CCCOc1cccnc1[18F]. The van der Waals surface area contributed by atoms with E-state index >= 15 is 0 Å². The van der Waals surface area contributed by atoms with Crippen molar-refractivity contribution < 1.29 is 37.4 Å². The van der Waals surface area contributed by atoms with Crippen molar-refractivity contribution in [1.29, 1.82) is 0 Å². The van der Waals surface area contributed by atoms with Crippen molar-refractivity contribution in [3.05, 3.63) is 60.7 Å². The summed E-state index contributed by atoms with van der Waals surface area (Å²) in [5.74, 6) is -2.14. The van der Waals surface area contributed by atoms with Gasteiger partial charge in [0.05, 0.1) is 18.5 Å². The van der Waals surface area contributed by atoms with Gasteiger partial charge in [-0.3, -0.25) is 29.0 Å². The number of thioether (sulfide) groups is 1. The van der Waals surface area contributed by atoms with Gasteiger partial charge in [-0.25, -0.2) is 9.97 Å². The molecule has 4 amide bonds. The number of likely N-dealkylation sites (tertiary alicyclic amines) is 1. The summed E-state index contributed by atoms with van der Waals surface area (Å²) in [4.78, 5) is 55.2. The minimum absolute atomic E-state index is 0.0645. The predicted octanol–water partition coefficient (Wildman–Crippen LogP) is 2.94. The zero-order valence-electron chi connectivity index (χ0n) is 22.0. The number of carbonyl (C=O) groups excluding carboxylic acids is 4. The fourth-order valence-corrected chi connectivity index (χ4v) is 4.13. The molecule has 40 heavy (non-hydrogen) atoms. The second kappa shape index (κ2) is 17.2. The van der Waals surface area contributed by atoms with E-state index in [1.54, 1.807) is 18.4 Å². The van der Waals surface area contributed by atoms with Crippen LogP contribution in [0, 0.1) is 11.9 Å². The Morgan fingerprint density at radius 1 is 0.875 bits per heavy atom. The molecule has 0 spiro atoms. The van der Waals surface area contributed by atoms with Gasteiger partial charge in [0.25, 0.3) is 23.7 Å². The molecule has 2 aliphatic heterocycles. The number of imide groups is 2. The smallest absolute Gasteiger partial charge is 0.255 e. The number of pyridine rings is 2. The Morgan fingerprint density at radius 3 is 1.77 bits per heavy atom. The van der Waals surface area contributed by atoms with E-state index in [0.29, 0.717) is 19.4 Å². The van der Waals surface area contributed by atoms with Crippen molar-refractivity contribution >= 4 is 48.0 Å². The van der Waals surface area contributed by atoms with Gasteiger partial charge in [0, 0.05) is 44.1 Å². The molecule has 0 radical (unpaired) electrons. The number of rotatable bonds is 11. The van der Waals surface area contributed by atoms with Crippen LogP contribution in [0.2, 0.25) is 0 Å². The quantitative estimate of drug-likeness (QED) is 0.181. The standard InChI is InChI=1S/C13H15FN2O3S.C12H11FN2O3.CH4S/c1-20-10-8-11(17)16(13(10)18)6-3-7-19-9-4-2-5-15-12(9)14;13-12-9(3-1-6-14-12)18-8-2-7-15-10(16)4-5-11(15)17;1-2/h2,4-5,10H,3,6-8H2,1H3;1,3-6H,2,7-8H2;2H,1H3/i14-1;13-1;. The van der Waals surface area contributed by atoms with E-state index in [9.17, 15) is 28.0 Å². The first-order valence-electron chi connectivity index (χ1n) is 12.1. The van der Waals surface area contributed by atoms with E-state index in [2.05, 4.69) is 22.6 Å². The highest BCUT2D eigenvalue weighted by Gasteiger charge is 2.37. The third kappa shape index (κ3) is 9.59. The average molecular weight is 595 g/mol. The van der Waals surface area contributed by atoms with Gasteiger partial charge in [0.15, 0.2) is 11.5 Å². The number of ether oxygens (including phenoxy) is 2. The number of thiol groups is 1. The molecule has 4 rings (SSSR count). The lowest BCUT2D eigenvalue weighted by Crippen LogP contribution is -2.32. The normalized spacial score (nSPS) is 16.0. The molecule has 0 saturated carbocycles. The summed E-state index contributed by atoms with van der Waals surface area (Å²) >= 11 is 4.91. The van der Waals surface area contributed by atoms with E-state index in [-0.39, 0.29) is 66.6 Å². The summed E-state index contributed by atoms with van der Waals surface area (Å²) < 4.78 is 36.6. The van der Waals surface area contributed by atoms with Crippen LogP contribution in [-0.4, -0.2) is 87.5 Å². The van der Waals surface area contributed by atoms with Crippen molar-refractivity contribution in [3.63, 3.8) is 0 Å². The summed E-state index contributed by atoms with van der Waals surface area (Å²) in [6.45, 7) is 0.992. The number of nitrogens with zero attached hydrogens (tertiary/aromatic N) is 4. The molecule has 1 atom stereocenters. The zero-order chi connectivity index (χ0) is 29.5. The van der Waals surface area contributed by atoms with Gasteiger partial charge in [-0.1, -0.05) is 0 Å². The molecule has 0 aromatic carbocycles. The number of amides is 4. The summed E-state index contributed by atoms with van der Waals surface area (Å²) in [5, 5.41) is -0.265. The average Bonchev–Trinajstić information content (AvgIpc) is 3.43. The van der Waals surface area contributed by atoms with Gasteiger partial charge in [0.2, 0.25) is 11.8 Å².